The lowest BCUT2D eigenvalue weighted by Gasteiger charge is -2.08. The second kappa shape index (κ2) is 13.5. The van der Waals surface area contributed by atoms with Crippen LogP contribution in [-0.2, 0) is 4.79 Å². The van der Waals surface area contributed by atoms with Crippen molar-refractivity contribution in [3.8, 4) is 5.75 Å². The first-order valence-electron chi connectivity index (χ1n) is 11.6. The third-order valence-corrected chi connectivity index (χ3v) is 6.29. The number of rotatable bonds is 8. The number of nitrogens with one attached hydrogen (secondary N) is 2. The highest BCUT2D eigenvalue weighted by Gasteiger charge is 2.12. The molecule has 4 rings (SSSR count). The van der Waals surface area contributed by atoms with Crippen LogP contribution in [0.5, 0.6) is 5.75 Å². The second-order valence-corrected chi connectivity index (χ2v) is 9.92. The molecule has 0 aliphatic carbocycles. The number of benzene rings is 4. The lowest BCUT2D eigenvalue weighted by Crippen LogP contribution is -2.18. The molecule has 2 amide bonds. The van der Waals surface area contributed by atoms with Gasteiger partial charge in [0.1, 0.15) is 5.75 Å². The lowest BCUT2D eigenvalue weighted by atomic mass is 10.2. The Kier molecular flexibility index (Phi) is 9.55. The number of amides is 2. The summed E-state index contributed by atoms with van der Waals surface area (Å²) in [6.45, 7) is 0. The summed E-state index contributed by atoms with van der Waals surface area (Å²) in [5.41, 5.74) is 5.14. The van der Waals surface area contributed by atoms with Crippen LogP contribution in [0.15, 0.2) is 117 Å². The summed E-state index contributed by atoms with van der Waals surface area (Å²) in [4.78, 5) is 37.2. The standard InChI is InChI=1S/C30H21Br2N3O4/c31-24-11-7-22(8-12-24)30(38)39-27-16-13-25(32)18-23(27)19-33-35-29(37)21-9-14-26(15-10-21)34-28(36)17-6-20-4-2-1-3-5-20/h1-19H,(H,34,36)(H,35,37)/b17-6+,33-19-. The molecule has 7 nitrogen and oxygen atoms in total. The highest BCUT2D eigenvalue weighted by molar-refractivity contribution is 9.10. The second-order valence-electron chi connectivity index (χ2n) is 8.09. The number of ether oxygens (including phenoxy) is 1. The van der Waals surface area contributed by atoms with Crippen molar-refractivity contribution < 1.29 is 19.1 Å². The van der Waals surface area contributed by atoms with Gasteiger partial charge in [-0.05, 0) is 78.4 Å². The Morgan fingerprint density at radius 3 is 2.15 bits per heavy atom. The highest BCUT2D eigenvalue weighted by Crippen LogP contribution is 2.23. The van der Waals surface area contributed by atoms with E-state index in [2.05, 4.69) is 47.7 Å². The smallest absolute Gasteiger partial charge is 0.343 e. The molecule has 0 fully saturated rings. The molecule has 4 aromatic carbocycles. The van der Waals surface area contributed by atoms with E-state index in [9.17, 15) is 14.4 Å². The average molecular weight is 647 g/mol. The van der Waals surface area contributed by atoms with Crippen molar-refractivity contribution in [2.24, 2.45) is 5.10 Å². The Hall–Kier alpha value is -4.34. The van der Waals surface area contributed by atoms with Crippen molar-refractivity contribution >= 4 is 67.6 Å². The van der Waals surface area contributed by atoms with Crippen molar-refractivity contribution in [1.82, 2.24) is 5.43 Å². The fourth-order valence-corrected chi connectivity index (χ4v) is 3.95. The zero-order valence-electron chi connectivity index (χ0n) is 20.3. The van der Waals surface area contributed by atoms with Crippen molar-refractivity contribution in [1.29, 1.82) is 0 Å². The Morgan fingerprint density at radius 2 is 1.44 bits per heavy atom. The SMILES string of the molecule is O=C(/C=C/c1ccccc1)Nc1ccc(C(=O)N/N=C\c2cc(Br)ccc2OC(=O)c2ccc(Br)cc2)cc1. The van der Waals surface area contributed by atoms with Gasteiger partial charge in [-0.15, -0.1) is 0 Å². The number of carbonyl (C=O) groups excluding carboxylic acids is 3. The van der Waals surface area contributed by atoms with E-state index in [0.29, 0.717) is 22.4 Å². The quantitative estimate of drug-likeness (QED) is 0.0720. The van der Waals surface area contributed by atoms with Crippen LogP contribution in [0, 0.1) is 0 Å². The fourth-order valence-electron chi connectivity index (χ4n) is 3.31. The van der Waals surface area contributed by atoms with Crippen LogP contribution in [-0.4, -0.2) is 24.0 Å². The molecule has 0 unspecified atom stereocenters. The van der Waals surface area contributed by atoms with Gasteiger partial charge in [0, 0.05) is 31.8 Å². The molecule has 9 heteroatoms. The van der Waals surface area contributed by atoms with Crippen LogP contribution in [0.25, 0.3) is 6.08 Å². The molecule has 0 aliphatic heterocycles. The Morgan fingerprint density at radius 1 is 0.769 bits per heavy atom. The van der Waals surface area contributed by atoms with E-state index in [4.69, 9.17) is 4.74 Å². The van der Waals surface area contributed by atoms with Gasteiger partial charge in [0.15, 0.2) is 0 Å². The lowest BCUT2D eigenvalue weighted by molar-refractivity contribution is -0.111. The van der Waals surface area contributed by atoms with Crippen LogP contribution >= 0.6 is 31.9 Å². The summed E-state index contributed by atoms with van der Waals surface area (Å²) in [5.74, 6) is -0.973. The summed E-state index contributed by atoms with van der Waals surface area (Å²) >= 11 is 6.72. The number of carbonyl (C=O) groups is 3. The van der Waals surface area contributed by atoms with Gasteiger partial charge in [0.25, 0.3) is 5.91 Å². The number of halogens is 2. The Bertz CT molecular complexity index is 1540. The molecular formula is C30H21Br2N3O4. The van der Waals surface area contributed by atoms with Gasteiger partial charge >= 0.3 is 5.97 Å². The zero-order valence-corrected chi connectivity index (χ0v) is 23.5. The van der Waals surface area contributed by atoms with Crippen LogP contribution in [0.4, 0.5) is 5.69 Å². The number of hydrazone groups is 1. The number of esters is 1. The van der Waals surface area contributed by atoms with Crippen LogP contribution in [0.3, 0.4) is 0 Å². The number of anilines is 1. The minimum Gasteiger partial charge on any atom is -0.422 e. The van der Waals surface area contributed by atoms with Gasteiger partial charge in [0.05, 0.1) is 11.8 Å². The van der Waals surface area contributed by atoms with Crippen molar-refractivity contribution in [3.63, 3.8) is 0 Å². The maximum atomic E-state index is 12.5. The van der Waals surface area contributed by atoms with E-state index in [-0.39, 0.29) is 11.7 Å². The number of nitrogens with zero attached hydrogens (tertiary/aromatic N) is 1. The van der Waals surface area contributed by atoms with Gasteiger partial charge in [-0.2, -0.15) is 5.10 Å². The molecule has 4 aromatic rings. The van der Waals surface area contributed by atoms with Crippen LogP contribution < -0.4 is 15.5 Å². The van der Waals surface area contributed by atoms with Crippen molar-refractivity contribution in [2.45, 2.75) is 0 Å². The van der Waals surface area contributed by atoms with Crippen molar-refractivity contribution in [3.05, 3.63) is 134 Å². The first-order chi connectivity index (χ1) is 18.9. The first kappa shape index (κ1) is 27.7. The van der Waals surface area contributed by atoms with Gasteiger partial charge in [-0.1, -0.05) is 62.2 Å². The van der Waals surface area contributed by atoms with Crippen molar-refractivity contribution in [2.75, 3.05) is 5.32 Å². The third-order valence-electron chi connectivity index (χ3n) is 5.27. The maximum absolute atomic E-state index is 12.5. The monoisotopic (exact) mass is 645 g/mol. The minimum absolute atomic E-state index is 0.283. The van der Waals surface area contributed by atoms with E-state index in [1.54, 1.807) is 72.8 Å². The molecule has 2 N–H and O–H groups in total. The molecule has 0 heterocycles. The van der Waals surface area contributed by atoms with Gasteiger partial charge in [-0.25, -0.2) is 10.2 Å². The maximum Gasteiger partial charge on any atom is 0.343 e. The molecule has 0 aliphatic rings. The van der Waals surface area contributed by atoms with E-state index in [1.807, 2.05) is 30.3 Å². The Labute approximate surface area is 241 Å². The summed E-state index contributed by atoms with van der Waals surface area (Å²) in [6.07, 6.45) is 4.55. The molecule has 39 heavy (non-hydrogen) atoms. The zero-order chi connectivity index (χ0) is 27.6. The topological polar surface area (TPSA) is 96.9 Å². The molecule has 0 radical (unpaired) electrons. The van der Waals surface area contributed by atoms with E-state index < -0.39 is 11.9 Å². The summed E-state index contributed by atoms with van der Waals surface area (Å²) in [7, 11) is 0. The summed E-state index contributed by atoms with van der Waals surface area (Å²) in [5, 5.41) is 6.76. The number of hydrogen-bond acceptors (Lipinski definition) is 5. The normalized spacial score (nSPS) is 10.9. The minimum atomic E-state index is -0.522. The van der Waals surface area contributed by atoms with Gasteiger partial charge < -0.3 is 10.1 Å². The van der Waals surface area contributed by atoms with E-state index in [1.165, 1.54) is 12.3 Å². The van der Waals surface area contributed by atoms with Gasteiger partial charge in [0.2, 0.25) is 5.91 Å². The molecule has 0 saturated carbocycles. The first-order valence-corrected chi connectivity index (χ1v) is 13.2. The molecule has 0 aromatic heterocycles. The summed E-state index contributed by atoms with van der Waals surface area (Å²) < 4.78 is 7.13. The molecular weight excluding hydrogens is 626 g/mol. The average Bonchev–Trinajstić information content (AvgIpc) is 2.94. The van der Waals surface area contributed by atoms with E-state index in [0.717, 1.165) is 14.5 Å². The third kappa shape index (κ3) is 8.33. The molecule has 194 valence electrons. The van der Waals surface area contributed by atoms with Crippen LogP contribution in [0.2, 0.25) is 0 Å². The predicted molar refractivity (Wildman–Crippen MR) is 159 cm³/mol. The molecule has 0 saturated heterocycles. The summed E-state index contributed by atoms with van der Waals surface area (Å²) in [6, 6.07) is 27.8. The Balaban J connectivity index is 1.35. The molecule has 0 spiro atoms. The van der Waals surface area contributed by atoms with E-state index >= 15 is 0 Å². The van der Waals surface area contributed by atoms with Crippen LogP contribution in [0.1, 0.15) is 31.8 Å². The highest BCUT2D eigenvalue weighted by atomic mass is 79.9. The fraction of sp³-hybridized carbons (Fsp3) is 0. The molecule has 0 bridgehead atoms. The van der Waals surface area contributed by atoms with Gasteiger partial charge in [-0.3, -0.25) is 9.59 Å². The molecule has 0 atom stereocenters. The predicted octanol–water partition coefficient (Wildman–Crippen LogP) is 6.85. The largest absolute Gasteiger partial charge is 0.422 e. The number of hydrogen-bond donors (Lipinski definition) is 2.